The minimum Gasteiger partial charge on any atom is -0.381 e. The molecular weight excluding hydrogens is 361 g/mol. The predicted octanol–water partition coefficient (Wildman–Crippen LogP) is 3.37. The SMILES string of the molecule is Cn1nc([C@H]2CCCOC2)cc1NC(=O)NCC(F)(F)c1cccc(F)c1. The summed E-state index contributed by atoms with van der Waals surface area (Å²) < 4.78 is 48.3. The second-order valence-electron chi connectivity index (χ2n) is 6.51. The standard InChI is InChI=1S/C18H21F3N4O2/c1-25-16(9-15(24-25)12-4-3-7-27-10-12)23-17(26)22-11-18(20,21)13-5-2-6-14(19)8-13/h2,5-6,8-9,12H,3-4,7,10-11H2,1H3,(H2,22,23,26)/t12-/m0/s1. The van der Waals surface area contributed by atoms with Crippen molar-refractivity contribution in [2.75, 3.05) is 25.1 Å². The highest BCUT2D eigenvalue weighted by Crippen LogP contribution is 2.28. The van der Waals surface area contributed by atoms with Crippen LogP contribution in [0.3, 0.4) is 0 Å². The molecule has 146 valence electrons. The molecule has 0 unspecified atom stereocenters. The topological polar surface area (TPSA) is 68.2 Å². The average molecular weight is 382 g/mol. The third-order valence-electron chi connectivity index (χ3n) is 4.44. The number of benzene rings is 1. The number of ether oxygens (including phenoxy) is 1. The summed E-state index contributed by atoms with van der Waals surface area (Å²) in [6.07, 6.45) is 1.89. The Bertz CT molecular complexity index is 804. The molecule has 2 aromatic rings. The third-order valence-corrected chi connectivity index (χ3v) is 4.44. The van der Waals surface area contributed by atoms with E-state index in [1.54, 1.807) is 13.1 Å². The summed E-state index contributed by atoms with van der Waals surface area (Å²) >= 11 is 0. The molecule has 1 aliphatic heterocycles. The summed E-state index contributed by atoms with van der Waals surface area (Å²) in [6.45, 7) is 0.350. The fourth-order valence-electron chi connectivity index (χ4n) is 2.95. The predicted molar refractivity (Wildman–Crippen MR) is 93.3 cm³/mol. The van der Waals surface area contributed by atoms with Crippen LogP contribution in [-0.4, -0.2) is 35.6 Å². The van der Waals surface area contributed by atoms with Crippen molar-refractivity contribution in [2.45, 2.75) is 24.7 Å². The lowest BCUT2D eigenvalue weighted by molar-refractivity contribution is -0.000376. The number of halogens is 3. The first-order valence-corrected chi connectivity index (χ1v) is 8.65. The lowest BCUT2D eigenvalue weighted by Crippen LogP contribution is -2.38. The van der Waals surface area contributed by atoms with E-state index in [0.29, 0.717) is 12.4 Å². The van der Waals surface area contributed by atoms with Gasteiger partial charge < -0.3 is 10.1 Å². The number of nitrogens with one attached hydrogen (secondary N) is 2. The van der Waals surface area contributed by atoms with Crippen molar-refractivity contribution in [3.63, 3.8) is 0 Å². The summed E-state index contributed by atoms with van der Waals surface area (Å²) in [5, 5.41) is 8.98. The summed E-state index contributed by atoms with van der Waals surface area (Å²) in [7, 11) is 1.66. The normalized spacial score (nSPS) is 17.6. The molecule has 0 bridgehead atoms. The monoisotopic (exact) mass is 382 g/mol. The average Bonchev–Trinajstić information content (AvgIpc) is 3.01. The molecule has 2 amide bonds. The molecule has 9 heteroatoms. The summed E-state index contributed by atoms with van der Waals surface area (Å²) in [6, 6.07) is 5.06. The molecule has 0 spiro atoms. The van der Waals surface area contributed by atoms with Gasteiger partial charge in [-0.2, -0.15) is 13.9 Å². The Hall–Kier alpha value is -2.55. The summed E-state index contributed by atoms with van der Waals surface area (Å²) in [5.74, 6) is -3.61. The Morgan fingerprint density at radius 3 is 2.93 bits per heavy atom. The molecule has 0 radical (unpaired) electrons. The third kappa shape index (κ3) is 4.79. The highest BCUT2D eigenvalue weighted by Gasteiger charge is 2.32. The molecule has 3 rings (SSSR count). The van der Waals surface area contributed by atoms with Crippen LogP contribution in [-0.2, 0) is 17.7 Å². The Morgan fingerprint density at radius 2 is 2.22 bits per heavy atom. The summed E-state index contributed by atoms with van der Waals surface area (Å²) in [5.41, 5.74) is 0.292. The van der Waals surface area contributed by atoms with E-state index >= 15 is 0 Å². The van der Waals surface area contributed by atoms with Gasteiger partial charge in [0.25, 0.3) is 5.92 Å². The van der Waals surface area contributed by atoms with Gasteiger partial charge in [0.15, 0.2) is 0 Å². The van der Waals surface area contributed by atoms with Crippen molar-refractivity contribution in [3.8, 4) is 0 Å². The van der Waals surface area contributed by atoms with Gasteiger partial charge in [0.05, 0.1) is 18.8 Å². The number of urea groups is 1. The van der Waals surface area contributed by atoms with Crippen molar-refractivity contribution >= 4 is 11.8 Å². The lowest BCUT2D eigenvalue weighted by atomic mass is 9.99. The zero-order valence-corrected chi connectivity index (χ0v) is 14.8. The van der Waals surface area contributed by atoms with Crippen LogP contribution in [0.4, 0.5) is 23.8 Å². The Morgan fingerprint density at radius 1 is 1.41 bits per heavy atom. The van der Waals surface area contributed by atoms with Gasteiger partial charge in [0.1, 0.15) is 11.6 Å². The molecule has 6 nitrogen and oxygen atoms in total. The molecule has 1 atom stereocenters. The van der Waals surface area contributed by atoms with Crippen LogP contribution in [0.2, 0.25) is 0 Å². The number of carbonyl (C=O) groups excluding carboxylic acids is 1. The molecule has 2 N–H and O–H groups in total. The van der Waals surface area contributed by atoms with Crippen LogP contribution in [0.15, 0.2) is 30.3 Å². The maximum atomic E-state index is 14.1. The second-order valence-corrected chi connectivity index (χ2v) is 6.51. The van der Waals surface area contributed by atoms with Crippen molar-refractivity contribution in [3.05, 3.63) is 47.4 Å². The second kappa shape index (κ2) is 7.99. The van der Waals surface area contributed by atoms with E-state index in [1.165, 1.54) is 10.7 Å². The zero-order chi connectivity index (χ0) is 19.4. The van der Waals surface area contributed by atoms with E-state index < -0.39 is 29.9 Å². The van der Waals surface area contributed by atoms with Gasteiger partial charge in [-0.3, -0.25) is 10.00 Å². The molecule has 1 fully saturated rings. The number of hydrogen-bond acceptors (Lipinski definition) is 3. The van der Waals surface area contributed by atoms with Crippen LogP contribution >= 0.6 is 0 Å². The van der Waals surface area contributed by atoms with E-state index in [-0.39, 0.29) is 5.92 Å². The molecule has 1 saturated heterocycles. The number of aromatic nitrogens is 2. The minimum absolute atomic E-state index is 0.154. The van der Waals surface area contributed by atoms with Crippen LogP contribution in [0, 0.1) is 5.82 Å². The lowest BCUT2D eigenvalue weighted by Gasteiger charge is -2.19. The number of rotatable bonds is 5. The molecule has 0 aliphatic carbocycles. The fourth-order valence-corrected chi connectivity index (χ4v) is 2.95. The Labute approximate surface area is 154 Å². The van der Waals surface area contributed by atoms with Crippen molar-refractivity contribution in [1.29, 1.82) is 0 Å². The highest BCUT2D eigenvalue weighted by molar-refractivity contribution is 5.88. The van der Waals surface area contributed by atoms with Gasteiger partial charge in [0.2, 0.25) is 0 Å². The Kier molecular flexibility index (Phi) is 5.69. The van der Waals surface area contributed by atoms with Crippen molar-refractivity contribution in [2.24, 2.45) is 7.05 Å². The number of carbonyl (C=O) groups is 1. The van der Waals surface area contributed by atoms with Crippen molar-refractivity contribution in [1.82, 2.24) is 15.1 Å². The van der Waals surface area contributed by atoms with E-state index in [4.69, 9.17) is 4.74 Å². The number of aryl methyl sites for hydroxylation is 1. The number of anilines is 1. The highest BCUT2D eigenvalue weighted by atomic mass is 19.3. The maximum absolute atomic E-state index is 14.1. The first kappa shape index (κ1) is 19.2. The number of nitrogens with zero attached hydrogens (tertiary/aromatic N) is 2. The Balaban J connectivity index is 1.58. The van der Waals surface area contributed by atoms with Crippen LogP contribution in [0.1, 0.15) is 30.0 Å². The van der Waals surface area contributed by atoms with Gasteiger partial charge in [-0.05, 0) is 25.0 Å². The maximum Gasteiger partial charge on any atom is 0.320 e. The molecule has 1 aromatic heterocycles. The number of hydrogen-bond donors (Lipinski definition) is 2. The van der Waals surface area contributed by atoms with Gasteiger partial charge in [-0.1, -0.05) is 12.1 Å². The quantitative estimate of drug-likeness (QED) is 0.833. The van der Waals surface area contributed by atoms with E-state index in [9.17, 15) is 18.0 Å². The van der Waals surface area contributed by atoms with Gasteiger partial charge in [0, 0.05) is 31.2 Å². The van der Waals surface area contributed by atoms with E-state index in [0.717, 1.165) is 43.3 Å². The van der Waals surface area contributed by atoms with E-state index in [2.05, 4.69) is 15.7 Å². The molecular formula is C18H21F3N4O2. The number of alkyl halides is 2. The first-order chi connectivity index (χ1) is 12.8. The minimum atomic E-state index is -3.39. The smallest absolute Gasteiger partial charge is 0.320 e. The zero-order valence-electron chi connectivity index (χ0n) is 14.8. The van der Waals surface area contributed by atoms with Gasteiger partial charge in [-0.25, -0.2) is 9.18 Å². The van der Waals surface area contributed by atoms with Gasteiger partial charge >= 0.3 is 6.03 Å². The molecule has 27 heavy (non-hydrogen) atoms. The molecule has 1 aliphatic rings. The van der Waals surface area contributed by atoms with E-state index in [1.807, 2.05) is 0 Å². The number of amides is 2. The summed E-state index contributed by atoms with van der Waals surface area (Å²) in [4.78, 5) is 12.0. The van der Waals surface area contributed by atoms with Crippen LogP contribution < -0.4 is 10.6 Å². The van der Waals surface area contributed by atoms with Crippen LogP contribution in [0.25, 0.3) is 0 Å². The molecule has 2 heterocycles. The van der Waals surface area contributed by atoms with Crippen LogP contribution in [0.5, 0.6) is 0 Å². The first-order valence-electron chi connectivity index (χ1n) is 8.65. The molecule has 1 aromatic carbocycles. The van der Waals surface area contributed by atoms with Gasteiger partial charge in [-0.15, -0.1) is 0 Å². The van der Waals surface area contributed by atoms with Crippen molar-refractivity contribution < 1.29 is 22.7 Å². The largest absolute Gasteiger partial charge is 0.381 e. The fraction of sp³-hybridized carbons (Fsp3) is 0.444. The molecule has 0 saturated carbocycles.